The first kappa shape index (κ1) is 13.8. The first-order chi connectivity index (χ1) is 8.69. The summed E-state index contributed by atoms with van der Waals surface area (Å²) in [5.74, 6) is -0.196. The first-order valence-corrected chi connectivity index (χ1v) is 6.96. The molecule has 0 amide bonds. The lowest BCUT2D eigenvalue weighted by Crippen LogP contribution is -2.27. The second kappa shape index (κ2) is 5.99. The molecule has 2 rings (SSSR count). The van der Waals surface area contributed by atoms with E-state index in [2.05, 4.69) is 15.9 Å². The van der Waals surface area contributed by atoms with Crippen molar-refractivity contribution in [1.82, 2.24) is 0 Å². The number of methoxy groups -OCH3 is 2. The zero-order valence-corrected chi connectivity index (χ0v) is 12.1. The molecule has 1 heterocycles. The Morgan fingerprint density at radius 3 is 2.33 bits per heavy atom. The van der Waals surface area contributed by atoms with Gasteiger partial charge in [0.25, 0.3) is 0 Å². The average Bonchev–Trinajstić information content (AvgIpc) is 2.81. The molecule has 0 aliphatic carbocycles. The summed E-state index contributed by atoms with van der Waals surface area (Å²) in [4.78, 5) is 1.97. The summed E-state index contributed by atoms with van der Waals surface area (Å²) < 4.78 is 24.7. The predicted octanol–water partition coefficient (Wildman–Crippen LogP) is 2.57. The van der Waals surface area contributed by atoms with Gasteiger partial charge in [0, 0.05) is 32.6 Å². The third-order valence-electron chi connectivity index (χ3n) is 3.33. The summed E-state index contributed by atoms with van der Waals surface area (Å²) in [7, 11) is 3.31. The molecule has 0 radical (unpaired) electrons. The molecule has 0 aromatic heterocycles. The van der Waals surface area contributed by atoms with E-state index < -0.39 is 0 Å². The van der Waals surface area contributed by atoms with E-state index in [0.29, 0.717) is 24.1 Å². The van der Waals surface area contributed by atoms with Crippen LogP contribution in [0.15, 0.2) is 18.2 Å². The summed E-state index contributed by atoms with van der Waals surface area (Å²) in [6.07, 6.45) is -0.0181. The van der Waals surface area contributed by atoms with Crippen molar-refractivity contribution in [2.45, 2.75) is 17.5 Å². The van der Waals surface area contributed by atoms with Crippen LogP contribution < -0.4 is 4.90 Å². The molecule has 1 aromatic carbocycles. The molecule has 2 unspecified atom stereocenters. The summed E-state index contributed by atoms with van der Waals surface area (Å²) in [5, 5.41) is 0.658. The van der Waals surface area contributed by atoms with E-state index in [-0.39, 0.29) is 18.0 Å². The van der Waals surface area contributed by atoms with Gasteiger partial charge in [-0.05, 0) is 17.7 Å². The molecule has 0 N–H and O–H groups in total. The van der Waals surface area contributed by atoms with Crippen molar-refractivity contribution in [2.75, 3.05) is 32.2 Å². The molecule has 1 aliphatic rings. The second-order valence-corrected chi connectivity index (χ2v) is 4.93. The van der Waals surface area contributed by atoms with Crippen LogP contribution in [0.5, 0.6) is 0 Å². The number of ether oxygens (including phenoxy) is 2. The molecule has 0 spiro atoms. The van der Waals surface area contributed by atoms with Gasteiger partial charge in [0.2, 0.25) is 0 Å². The molecule has 0 saturated carbocycles. The maximum atomic E-state index is 14.0. The lowest BCUT2D eigenvalue weighted by Gasteiger charge is -2.19. The monoisotopic (exact) mass is 317 g/mol. The molecule has 100 valence electrons. The number of benzene rings is 1. The third kappa shape index (κ3) is 2.68. The highest BCUT2D eigenvalue weighted by Gasteiger charge is 2.33. The van der Waals surface area contributed by atoms with Crippen molar-refractivity contribution in [2.24, 2.45) is 0 Å². The topological polar surface area (TPSA) is 21.7 Å². The maximum Gasteiger partial charge on any atom is 0.146 e. The number of alkyl halides is 1. The van der Waals surface area contributed by atoms with Gasteiger partial charge in [-0.15, -0.1) is 0 Å². The van der Waals surface area contributed by atoms with Crippen LogP contribution in [-0.2, 0) is 14.8 Å². The molecular weight excluding hydrogens is 301 g/mol. The van der Waals surface area contributed by atoms with E-state index in [9.17, 15) is 4.39 Å². The molecule has 18 heavy (non-hydrogen) atoms. The number of hydrogen-bond donors (Lipinski definition) is 0. The van der Waals surface area contributed by atoms with Gasteiger partial charge < -0.3 is 14.4 Å². The summed E-state index contributed by atoms with van der Waals surface area (Å²) in [6, 6.07) is 5.30. The Hall–Kier alpha value is -0.650. The van der Waals surface area contributed by atoms with Crippen molar-refractivity contribution in [3.8, 4) is 0 Å². The molecule has 1 saturated heterocycles. The molecule has 0 bridgehead atoms. The lowest BCUT2D eigenvalue weighted by atomic mass is 10.2. The van der Waals surface area contributed by atoms with E-state index in [1.165, 1.54) is 0 Å². The Morgan fingerprint density at radius 2 is 1.89 bits per heavy atom. The zero-order chi connectivity index (χ0) is 13.1. The van der Waals surface area contributed by atoms with Crippen molar-refractivity contribution in [3.05, 3.63) is 29.6 Å². The fourth-order valence-electron chi connectivity index (χ4n) is 2.28. The van der Waals surface area contributed by atoms with E-state index in [1.54, 1.807) is 20.3 Å². The van der Waals surface area contributed by atoms with Gasteiger partial charge >= 0.3 is 0 Å². The quantitative estimate of drug-likeness (QED) is 0.797. The highest BCUT2D eigenvalue weighted by molar-refractivity contribution is 9.08. The minimum absolute atomic E-state index is 0.00903. The normalized spacial score (nSPS) is 23.7. The summed E-state index contributed by atoms with van der Waals surface area (Å²) >= 11 is 3.32. The number of rotatable bonds is 4. The van der Waals surface area contributed by atoms with Gasteiger partial charge in [0.1, 0.15) is 18.0 Å². The van der Waals surface area contributed by atoms with Crippen LogP contribution in [0.4, 0.5) is 10.1 Å². The van der Waals surface area contributed by atoms with Crippen LogP contribution in [0.25, 0.3) is 0 Å². The van der Waals surface area contributed by atoms with Gasteiger partial charge in [0.05, 0.1) is 5.69 Å². The first-order valence-electron chi connectivity index (χ1n) is 5.84. The van der Waals surface area contributed by atoms with Gasteiger partial charge in [0.15, 0.2) is 0 Å². The Bertz CT molecular complexity index is 404. The minimum atomic E-state index is -0.196. The summed E-state index contributed by atoms with van der Waals surface area (Å²) in [5.41, 5.74) is 1.54. The van der Waals surface area contributed by atoms with Gasteiger partial charge in [-0.25, -0.2) is 4.39 Å². The smallest absolute Gasteiger partial charge is 0.146 e. The Kier molecular flexibility index (Phi) is 4.59. The van der Waals surface area contributed by atoms with E-state index in [0.717, 1.165) is 5.56 Å². The number of halogens is 2. The zero-order valence-electron chi connectivity index (χ0n) is 10.5. The lowest BCUT2D eigenvalue weighted by molar-refractivity contribution is -0.00461. The van der Waals surface area contributed by atoms with Gasteiger partial charge in [-0.3, -0.25) is 0 Å². The van der Waals surface area contributed by atoms with Crippen LogP contribution in [0.2, 0.25) is 0 Å². The Labute approximate surface area is 115 Å². The van der Waals surface area contributed by atoms with Gasteiger partial charge in [-0.2, -0.15) is 0 Å². The predicted molar refractivity (Wildman–Crippen MR) is 72.8 cm³/mol. The fourth-order valence-corrected chi connectivity index (χ4v) is 2.63. The second-order valence-electron chi connectivity index (χ2n) is 4.37. The SMILES string of the molecule is COC1CN(c2ccc(CBr)cc2F)CC1OC. The summed E-state index contributed by atoms with van der Waals surface area (Å²) in [6.45, 7) is 1.30. The molecule has 5 heteroatoms. The van der Waals surface area contributed by atoms with Crippen molar-refractivity contribution < 1.29 is 13.9 Å². The average molecular weight is 318 g/mol. The van der Waals surface area contributed by atoms with Crippen molar-refractivity contribution in [3.63, 3.8) is 0 Å². The minimum Gasteiger partial charge on any atom is -0.377 e. The van der Waals surface area contributed by atoms with Crippen LogP contribution >= 0.6 is 15.9 Å². The highest BCUT2D eigenvalue weighted by Crippen LogP contribution is 2.27. The maximum absolute atomic E-state index is 14.0. The van der Waals surface area contributed by atoms with Crippen LogP contribution in [-0.4, -0.2) is 39.5 Å². The Balaban J connectivity index is 2.18. The fraction of sp³-hybridized carbons (Fsp3) is 0.538. The number of hydrogen-bond acceptors (Lipinski definition) is 3. The molecule has 3 nitrogen and oxygen atoms in total. The molecule has 2 atom stereocenters. The van der Waals surface area contributed by atoms with Crippen LogP contribution in [0, 0.1) is 5.82 Å². The standard InChI is InChI=1S/C13H17BrFNO2/c1-17-12-7-16(8-13(12)18-2)11-4-3-9(6-14)5-10(11)15/h3-5,12-13H,6-8H2,1-2H3. The highest BCUT2D eigenvalue weighted by atomic mass is 79.9. The molecular formula is C13H17BrFNO2. The largest absolute Gasteiger partial charge is 0.377 e. The molecule has 1 fully saturated rings. The van der Waals surface area contributed by atoms with E-state index in [4.69, 9.17) is 9.47 Å². The number of nitrogens with zero attached hydrogens (tertiary/aromatic N) is 1. The van der Waals surface area contributed by atoms with E-state index in [1.807, 2.05) is 17.0 Å². The number of anilines is 1. The van der Waals surface area contributed by atoms with Crippen LogP contribution in [0.3, 0.4) is 0 Å². The molecule has 1 aromatic rings. The Morgan fingerprint density at radius 1 is 1.28 bits per heavy atom. The molecule has 1 aliphatic heterocycles. The van der Waals surface area contributed by atoms with Crippen LogP contribution in [0.1, 0.15) is 5.56 Å². The van der Waals surface area contributed by atoms with E-state index >= 15 is 0 Å². The third-order valence-corrected chi connectivity index (χ3v) is 3.98. The van der Waals surface area contributed by atoms with Crippen molar-refractivity contribution >= 4 is 21.6 Å². The van der Waals surface area contributed by atoms with Crippen molar-refractivity contribution in [1.29, 1.82) is 0 Å². The van der Waals surface area contributed by atoms with Gasteiger partial charge in [-0.1, -0.05) is 22.0 Å².